The maximum absolute atomic E-state index is 12.2. The number of ketones is 1. The molecule has 2 aromatic rings. The number of rotatable bonds is 3. The molecule has 1 aliphatic heterocycles. The molecule has 0 radical (unpaired) electrons. The number of carbonyl (C=O) groups is 1. The Morgan fingerprint density at radius 1 is 1.28 bits per heavy atom. The average molecular weight is 243 g/mol. The summed E-state index contributed by atoms with van der Waals surface area (Å²) < 4.78 is 5.61. The van der Waals surface area contributed by atoms with Crippen LogP contribution in [0.3, 0.4) is 0 Å². The van der Waals surface area contributed by atoms with Crippen molar-refractivity contribution >= 4 is 16.8 Å². The molecule has 3 rings (SSSR count). The fourth-order valence-electron chi connectivity index (χ4n) is 2.57. The molecule has 1 fully saturated rings. The van der Waals surface area contributed by atoms with Gasteiger partial charge in [-0.05, 0) is 44.0 Å². The van der Waals surface area contributed by atoms with Crippen molar-refractivity contribution in [1.82, 2.24) is 5.32 Å². The SMILES string of the molecule is O=C(CC1CCNCC1)c1cc2ccccc2o1. The van der Waals surface area contributed by atoms with Crippen molar-refractivity contribution in [2.75, 3.05) is 13.1 Å². The highest BCUT2D eigenvalue weighted by Crippen LogP contribution is 2.23. The van der Waals surface area contributed by atoms with Gasteiger partial charge in [0.05, 0.1) is 0 Å². The quantitative estimate of drug-likeness (QED) is 0.843. The first kappa shape index (κ1) is 11.5. The van der Waals surface area contributed by atoms with Gasteiger partial charge in [0, 0.05) is 11.8 Å². The highest BCUT2D eigenvalue weighted by atomic mass is 16.3. The lowest BCUT2D eigenvalue weighted by molar-refractivity contribution is 0.0927. The van der Waals surface area contributed by atoms with E-state index in [2.05, 4.69) is 5.32 Å². The van der Waals surface area contributed by atoms with Crippen LogP contribution in [-0.4, -0.2) is 18.9 Å². The normalized spacial score (nSPS) is 17.1. The van der Waals surface area contributed by atoms with Crippen molar-refractivity contribution in [1.29, 1.82) is 0 Å². The lowest BCUT2D eigenvalue weighted by Gasteiger charge is -2.21. The molecule has 94 valence electrons. The van der Waals surface area contributed by atoms with Crippen molar-refractivity contribution in [3.63, 3.8) is 0 Å². The van der Waals surface area contributed by atoms with Gasteiger partial charge >= 0.3 is 0 Å². The predicted molar refractivity (Wildman–Crippen MR) is 70.8 cm³/mol. The minimum Gasteiger partial charge on any atom is -0.453 e. The molecule has 2 heterocycles. The fraction of sp³-hybridized carbons (Fsp3) is 0.400. The lowest BCUT2D eigenvalue weighted by Crippen LogP contribution is -2.28. The van der Waals surface area contributed by atoms with Crippen LogP contribution in [0.1, 0.15) is 29.8 Å². The predicted octanol–water partition coefficient (Wildman–Crippen LogP) is 3.01. The van der Waals surface area contributed by atoms with Crippen LogP contribution in [0.2, 0.25) is 0 Å². The molecule has 1 aromatic heterocycles. The topological polar surface area (TPSA) is 42.2 Å². The van der Waals surface area contributed by atoms with Crippen molar-refractivity contribution < 1.29 is 9.21 Å². The van der Waals surface area contributed by atoms with Crippen LogP contribution in [0, 0.1) is 5.92 Å². The highest BCUT2D eigenvalue weighted by Gasteiger charge is 2.20. The molecule has 0 aliphatic carbocycles. The molecule has 0 spiro atoms. The van der Waals surface area contributed by atoms with Gasteiger partial charge in [-0.1, -0.05) is 18.2 Å². The minimum atomic E-state index is 0.137. The van der Waals surface area contributed by atoms with Gasteiger partial charge < -0.3 is 9.73 Å². The van der Waals surface area contributed by atoms with Crippen LogP contribution in [0.4, 0.5) is 0 Å². The van der Waals surface area contributed by atoms with Crippen molar-refractivity contribution in [3.05, 3.63) is 36.1 Å². The number of Topliss-reactive ketones (excluding diaryl/α,β-unsaturated/α-hetero) is 1. The first-order valence-electron chi connectivity index (χ1n) is 6.55. The zero-order valence-electron chi connectivity index (χ0n) is 10.3. The Morgan fingerprint density at radius 3 is 2.83 bits per heavy atom. The van der Waals surface area contributed by atoms with Gasteiger partial charge in [-0.2, -0.15) is 0 Å². The van der Waals surface area contributed by atoms with E-state index in [1.165, 1.54) is 0 Å². The second-order valence-electron chi connectivity index (χ2n) is 4.97. The number of carbonyl (C=O) groups excluding carboxylic acids is 1. The van der Waals surface area contributed by atoms with E-state index in [0.717, 1.165) is 36.9 Å². The second-order valence-corrected chi connectivity index (χ2v) is 4.97. The summed E-state index contributed by atoms with van der Waals surface area (Å²) in [5.74, 6) is 1.15. The summed E-state index contributed by atoms with van der Waals surface area (Å²) in [4.78, 5) is 12.2. The van der Waals surface area contributed by atoms with E-state index in [1.807, 2.05) is 30.3 Å². The van der Waals surface area contributed by atoms with Gasteiger partial charge in [-0.3, -0.25) is 4.79 Å². The summed E-state index contributed by atoms with van der Waals surface area (Å²) in [5.41, 5.74) is 0.797. The van der Waals surface area contributed by atoms with Gasteiger partial charge in [0.2, 0.25) is 0 Å². The molecule has 1 N–H and O–H groups in total. The van der Waals surface area contributed by atoms with E-state index in [0.29, 0.717) is 18.1 Å². The molecule has 3 heteroatoms. The number of hydrogen-bond donors (Lipinski definition) is 1. The number of furan rings is 1. The number of benzene rings is 1. The minimum absolute atomic E-state index is 0.137. The van der Waals surface area contributed by atoms with Crippen molar-refractivity contribution in [2.24, 2.45) is 5.92 Å². The molecule has 0 unspecified atom stereocenters. The maximum atomic E-state index is 12.2. The number of para-hydroxylation sites is 1. The largest absolute Gasteiger partial charge is 0.453 e. The third kappa shape index (κ3) is 2.31. The van der Waals surface area contributed by atoms with Gasteiger partial charge in [-0.15, -0.1) is 0 Å². The Labute approximate surface area is 106 Å². The van der Waals surface area contributed by atoms with Crippen LogP contribution in [-0.2, 0) is 0 Å². The first-order chi connectivity index (χ1) is 8.83. The monoisotopic (exact) mass is 243 g/mol. The third-order valence-electron chi connectivity index (χ3n) is 3.63. The van der Waals surface area contributed by atoms with Crippen LogP contribution < -0.4 is 5.32 Å². The van der Waals surface area contributed by atoms with Crippen LogP contribution >= 0.6 is 0 Å². The molecule has 18 heavy (non-hydrogen) atoms. The zero-order chi connectivity index (χ0) is 12.4. The highest BCUT2D eigenvalue weighted by molar-refractivity contribution is 5.97. The zero-order valence-corrected chi connectivity index (χ0v) is 10.3. The number of fused-ring (bicyclic) bond motifs is 1. The van der Waals surface area contributed by atoms with Gasteiger partial charge in [-0.25, -0.2) is 0 Å². The van der Waals surface area contributed by atoms with Crippen molar-refractivity contribution in [2.45, 2.75) is 19.3 Å². The van der Waals surface area contributed by atoms with Gasteiger partial charge in [0.25, 0.3) is 0 Å². The van der Waals surface area contributed by atoms with E-state index in [-0.39, 0.29) is 5.78 Å². The molecular formula is C15H17NO2. The molecule has 0 saturated carbocycles. The van der Waals surface area contributed by atoms with E-state index < -0.39 is 0 Å². The summed E-state index contributed by atoms with van der Waals surface area (Å²) >= 11 is 0. The number of nitrogens with one attached hydrogen (secondary N) is 1. The third-order valence-corrected chi connectivity index (χ3v) is 3.63. The first-order valence-corrected chi connectivity index (χ1v) is 6.55. The molecule has 3 nitrogen and oxygen atoms in total. The fourth-order valence-corrected chi connectivity index (χ4v) is 2.57. The maximum Gasteiger partial charge on any atom is 0.198 e. The summed E-state index contributed by atoms with van der Waals surface area (Å²) in [6.45, 7) is 2.05. The molecule has 1 aromatic carbocycles. The van der Waals surface area contributed by atoms with E-state index >= 15 is 0 Å². The van der Waals surface area contributed by atoms with Crippen LogP contribution in [0.15, 0.2) is 34.7 Å². The molecular weight excluding hydrogens is 226 g/mol. The van der Waals surface area contributed by atoms with Crippen LogP contribution in [0.5, 0.6) is 0 Å². The second kappa shape index (κ2) is 4.94. The molecule has 1 aliphatic rings. The smallest absolute Gasteiger partial charge is 0.198 e. The molecule has 0 atom stereocenters. The Hall–Kier alpha value is -1.61. The Kier molecular flexibility index (Phi) is 3.15. The van der Waals surface area contributed by atoms with Crippen molar-refractivity contribution in [3.8, 4) is 0 Å². The van der Waals surface area contributed by atoms with E-state index in [4.69, 9.17) is 4.42 Å². The molecule has 1 saturated heterocycles. The summed E-state index contributed by atoms with van der Waals surface area (Å²) in [7, 11) is 0. The van der Waals surface area contributed by atoms with Crippen LogP contribution in [0.25, 0.3) is 11.0 Å². The molecule has 0 bridgehead atoms. The standard InChI is InChI=1S/C15H17NO2/c17-13(9-11-5-7-16-8-6-11)15-10-12-3-1-2-4-14(12)18-15/h1-4,10-11,16H,5-9H2. The summed E-state index contributed by atoms with van der Waals surface area (Å²) in [6.07, 6.45) is 2.79. The summed E-state index contributed by atoms with van der Waals surface area (Å²) in [6, 6.07) is 9.61. The number of hydrogen-bond acceptors (Lipinski definition) is 3. The van der Waals surface area contributed by atoms with Gasteiger partial charge in [0.15, 0.2) is 11.5 Å². The number of piperidine rings is 1. The van der Waals surface area contributed by atoms with Gasteiger partial charge in [0.1, 0.15) is 5.58 Å². The molecule has 0 amide bonds. The lowest BCUT2D eigenvalue weighted by atomic mass is 9.92. The average Bonchev–Trinajstić information content (AvgIpc) is 2.84. The summed E-state index contributed by atoms with van der Waals surface area (Å²) in [5, 5.41) is 4.32. The van der Waals surface area contributed by atoms with E-state index in [9.17, 15) is 4.79 Å². The Bertz CT molecular complexity index is 519. The Morgan fingerprint density at radius 2 is 2.06 bits per heavy atom. The van der Waals surface area contributed by atoms with E-state index in [1.54, 1.807) is 0 Å². The Balaban J connectivity index is 1.74.